The van der Waals surface area contributed by atoms with Crippen molar-refractivity contribution in [2.75, 3.05) is 0 Å². The highest BCUT2D eigenvalue weighted by Gasteiger charge is 2.10. The topological polar surface area (TPSA) is 29.1 Å². The number of hydrogen-bond acceptors (Lipinski definition) is 1. The number of hydrogen-bond donors (Lipinski definition) is 1. The van der Waals surface area contributed by atoms with E-state index in [2.05, 4.69) is 29.6 Å². The molecule has 0 saturated heterocycles. The molecule has 2 aromatic carbocycles. The summed E-state index contributed by atoms with van der Waals surface area (Å²) < 4.78 is 0. The van der Waals surface area contributed by atoms with Gasteiger partial charge in [0.05, 0.1) is 0 Å². The minimum Gasteiger partial charge on any atom is -0.352 e. The quantitative estimate of drug-likeness (QED) is 0.849. The minimum atomic E-state index is -0.0197. The Morgan fingerprint density at radius 3 is 2.33 bits per heavy atom. The molecular formula is C19H21NO. The Morgan fingerprint density at radius 1 is 1.05 bits per heavy atom. The van der Waals surface area contributed by atoms with E-state index in [1.165, 1.54) is 0 Å². The summed E-state index contributed by atoms with van der Waals surface area (Å²) in [6, 6.07) is 20.1. The van der Waals surface area contributed by atoms with Crippen molar-refractivity contribution >= 4 is 12.0 Å². The van der Waals surface area contributed by atoms with E-state index >= 15 is 0 Å². The molecule has 108 valence electrons. The fourth-order valence-electron chi connectivity index (χ4n) is 2.04. The zero-order valence-electron chi connectivity index (χ0n) is 12.3. The van der Waals surface area contributed by atoms with Crippen LogP contribution in [0.1, 0.15) is 24.5 Å². The van der Waals surface area contributed by atoms with E-state index in [4.69, 9.17) is 0 Å². The fraction of sp³-hybridized carbons (Fsp3) is 0.211. The molecule has 0 heterocycles. The molecule has 0 aliphatic rings. The predicted octanol–water partition coefficient (Wildman–Crippen LogP) is 4.04. The summed E-state index contributed by atoms with van der Waals surface area (Å²) in [6.07, 6.45) is 4.86. The molecule has 2 aromatic rings. The van der Waals surface area contributed by atoms with Gasteiger partial charge in [-0.05, 0) is 17.5 Å². The first-order valence-corrected chi connectivity index (χ1v) is 7.29. The number of carbonyl (C=O) groups is 1. The smallest absolute Gasteiger partial charge is 0.223 e. The summed E-state index contributed by atoms with van der Waals surface area (Å²) in [5.74, 6) is 0.0743. The lowest BCUT2D eigenvalue weighted by Gasteiger charge is -2.10. The molecule has 0 aliphatic carbocycles. The molecule has 0 radical (unpaired) electrons. The van der Waals surface area contributed by atoms with Crippen LogP contribution in [0.4, 0.5) is 0 Å². The van der Waals surface area contributed by atoms with Crippen LogP contribution in [0.2, 0.25) is 0 Å². The molecule has 2 heteroatoms. The third-order valence-corrected chi connectivity index (χ3v) is 3.36. The molecule has 2 nitrogen and oxygen atoms in total. The Hall–Kier alpha value is -2.35. The zero-order chi connectivity index (χ0) is 14.9. The summed E-state index contributed by atoms with van der Waals surface area (Å²) in [4.78, 5) is 12.0. The molecule has 1 N–H and O–H groups in total. The second-order valence-corrected chi connectivity index (χ2v) is 5.15. The highest BCUT2D eigenvalue weighted by Crippen LogP contribution is 2.08. The van der Waals surface area contributed by atoms with Gasteiger partial charge in [0.1, 0.15) is 0 Å². The second kappa shape index (κ2) is 8.05. The van der Waals surface area contributed by atoms with Crippen LogP contribution < -0.4 is 5.32 Å². The molecule has 0 bridgehead atoms. The van der Waals surface area contributed by atoms with Crippen LogP contribution in [0.5, 0.6) is 0 Å². The van der Waals surface area contributed by atoms with Crippen molar-refractivity contribution in [2.45, 2.75) is 19.9 Å². The Balaban J connectivity index is 1.76. The maximum absolute atomic E-state index is 12.0. The van der Waals surface area contributed by atoms with Gasteiger partial charge >= 0.3 is 0 Å². The maximum atomic E-state index is 12.0. The SMILES string of the molecule is C[C@H](C/C=C/c1ccccc1)C(=O)NCc1ccccc1. The first-order valence-electron chi connectivity index (χ1n) is 7.29. The minimum absolute atomic E-state index is 0.0197. The molecule has 0 unspecified atom stereocenters. The molecule has 21 heavy (non-hydrogen) atoms. The van der Waals surface area contributed by atoms with Crippen LogP contribution in [0.3, 0.4) is 0 Å². The van der Waals surface area contributed by atoms with Gasteiger partial charge in [-0.1, -0.05) is 79.7 Å². The third kappa shape index (κ3) is 5.27. The Kier molecular flexibility index (Phi) is 5.77. The van der Waals surface area contributed by atoms with Crippen LogP contribution in [-0.2, 0) is 11.3 Å². The monoisotopic (exact) mass is 279 g/mol. The molecule has 1 atom stereocenters. The number of carbonyl (C=O) groups excluding carboxylic acids is 1. The van der Waals surface area contributed by atoms with Crippen molar-refractivity contribution in [3.63, 3.8) is 0 Å². The zero-order valence-corrected chi connectivity index (χ0v) is 12.3. The van der Waals surface area contributed by atoms with Gasteiger partial charge in [-0.15, -0.1) is 0 Å². The van der Waals surface area contributed by atoms with Gasteiger partial charge in [0.25, 0.3) is 0 Å². The summed E-state index contributed by atoms with van der Waals surface area (Å²) in [6.45, 7) is 2.54. The van der Waals surface area contributed by atoms with Gasteiger partial charge < -0.3 is 5.32 Å². The number of rotatable bonds is 6. The third-order valence-electron chi connectivity index (χ3n) is 3.36. The molecule has 0 aliphatic heterocycles. The summed E-state index contributed by atoms with van der Waals surface area (Å²) in [5, 5.41) is 2.97. The van der Waals surface area contributed by atoms with Crippen molar-refractivity contribution in [3.8, 4) is 0 Å². The molecule has 0 fully saturated rings. The van der Waals surface area contributed by atoms with Gasteiger partial charge in [-0.2, -0.15) is 0 Å². The number of amides is 1. The fourth-order valence-corrected chi connectivity index (χ4v) is 2.04. The van der Waals surface area contributed by atoms with Crippen LogP contribution in [0.15, 0.2) is 66.7 Å². The standard InChI is InChI=1S/C19H21NO/c1-16(9-8-14-17-10-4-2-5-11-17)19(21)20-15-18-12-6-3-7-13-18/h2-8,10-14,16H,9,15H2,1H3,(H,20,21)/b14-8+/t16-/m1/s1. The van der Waals surface area contributed by atoms with Gasteiger partial charge in [0.15, 0.2) is 0 Å². The molecular weight excluding hydrogens is 258 g/mol. The Labute approximate surface area is 126 Å². The average Bonchev–Trinajstić information content (AvgIpc) is 2.54. The Bertz CT molecular complexity index is 575. The molecule has 1 amide bonds. The lowest BCUT2D eigenvalue weighted by molar-refractivity contribution is -0.124. The predicted molar refractivity (Wildman–Crippen MR) is 87.5 cm³/mol. The van der Waals surface area contributed by atoms with Crippen LogP contribution in [-0.4, -0.2) is 5.91 Å². The lowest BCUT2D eigenvalue weighted by Crippen LogP contribution is -2.28. The van der Waals surface area contributed by atoms with Gasteiger partial charge in [-0.3, -0.25) is 4.79 Å². The summed E-state index contributed by atoms with van der Waals surface area (Å²) >= 11 is 0. The molecule has 0 aromatic heterocycles. The molecule has 0 spiro atoms. The number of nitrogens with one attached hydrogen (secondary N) is 1. The van der Waals surface area contributed by atoms with E-state index in [-0.39, 0.29) is 11.8 Å². The van der Waals surface area contributed by atoms with E-state index in [9.17, 15) is 4.79 Å². The van der Waals surface area contributed by atoms with Crippen LogP contribution in [0, 0.1) is 5.92 Å². The van der Waals surface area contributed by atoms with Crippen LogP contribution >= 0.6 is 0 Å². The highest BCUT2D eigenvalue weighted by atomic mass is 16.1. The number of benzene rings is 2. The summed E-state index contributed by atoms with van der Waals surface area (Å²) in [5.41, 5.74) is 2.28. The van der Waals surface area contributed by atoms with Crippen molar-refractivity contribution in [2.24, 2.45) is 5.92 Å². The first kappa shape index (κ1) is 15.0. The van der Waals surface area contributed by atoms with E-state index < -0.39 is 0 Å². The second-order valence-electron chi connectivity index (χ2n) is 5.15. The highest BCUT2D eigenvalue weighted by molar-refractivity contribution is 5.78. The van der Waals surface area contributed by atoms with Crippen LogP contribution in [0.25, 0.3) is 6.08 Å². The van der Waals surface area contributed by atoms with Gasteiger partial charge in [-0.25, -0.2) is 0 Å². The van der Waals surface area contributed by atoms with Crippen molar-refractivity contribution in [1.82, 2.24) is 5.32 Å². The lowest BCUT2D eigenvalue weighted by atomic mass is 10.1. The summed E-state index contributed by atoms with van der Waals surface area (Å²) in [7, 11) is 0. The van der Waals surface area contributed by atoms with E-state index in [0.717, 1.165) is 17.5 Å². The average molecular weight is 279 g/mol. The van der Waals surface area contributed by atoms with Gasteiger partial charge in [0.2, 0.25) is 5.91 Å². The molecule has 0 saturated carbocycles. The normalized spacial score (nSPS) is 12.2. The number of allylic oxidation sites excluding steroid dienone is 1. The van der Waals surface area contributed by atoms with Gasteiger partial charge in [0, 0.05) is 12.5 Å². The first-order chi connectivity index (χ1) is 10.3. The largest absolute Gasteiger partial charge is 0.352 e. The van der Waals surface area contributed by atoms with E-state index in [1.807, 2.05) is 55.5 Å². The molecule has 2 rings (SSSR count). The van der Waals surface area contributed by atoms with Crippen molar-refractivity contribution in [3.05, 3.63) is 77.9 Å². The van der Waals surface area contributed by atoms with E-state index in [1.54, 1.807) is 0 Å². The Morgan fingerprint density at radius 2 is 1.67 bits per heavy atom. The van der Waals surface area contributed by atoms with Crippen molar-refractivity contribution < 1.29 is 4.79 Å². The van der Waals surface area contributed by atoms with Crippen molar-refractivity contribution in [1.29, 1.82) is 0 Å². The van der Waals surface area contributed by atoms with E-state index in [0.29, 0.717) is 6.54 Å². The maximum Gasteiger partial charge on any atom is 0.223 e.